The normalized spacial score (nSPS) is 15.0. The molecule has 0 aliphatic heterocycles. The summed E-state index contributed by atoms with van der Waals surface area (Å²) >= 11 is 11.3. The summed E-state index contributed by atoms with van der Waals surface area (Å²) in [6, 6.07) is 0. The fourth-order valence-corrected chi connectivity index (χ4v) is 5.32. The summed E-state index contributed by atoms with van der Waals surface area (Å²) in [5.41, 5.74) is 0. The highest BCUT2D eigenvalue weighted by Gasteiger charge is 2.10. The topological polar surface area (TPSA) is 0 Å². The Morgan fingerprint density at radius 2 is 1.62 bits per heavy atom. The first-order chi connectivity index (χ1) is 7.70. The lowest BCUT2D eigenvalue weighted by molar-refractivity contribution is 0.566. The Labute approximate surface area is 134 Å². The zero-order valence-electron chi connectivity index (χ0n) is 10.4. The largest absolute Gasteiger partial charge is 0.123 e. The van der Waals surface area contributed by atoms with E-state index in [1.165, 1.54) is 62.2 Å². The van der Waals surface area contributed by atoms with Crippen molar-refractivity contribution in [3.05, 3.63) is 0 Å². The van der Waals surface area contributed by atoms with E-state index in [4.69, 9.17) is 11.6 Å². The third-order valence-electron chi connectivity index (χ3n) is 2.80. The van der Waals surface area contributed by atoms with Crippen molar-refractivity contribution in [1.82, 2.24) is 0 Å². The van der Waals surface area contributed by atoms with Crippen LogP contribution in [-0.4, -0.2) is 13.7 Å². The molecule has 0 aliphatic carbocycles. The molecule has 0 aromatic rings. The van der Waals surface area contributed by atoms with Gasteiger partial charge in [0.15, 0.2) is 0 Å². The predicted octanol–water partition coefficient (Wildman–Crippen LogP) is 6.36. The van der Waals surface area contributed by atoms with Crippen LogP contribution in [0.3, 0.4) is 0 Å². The summed E-state index contributed by atoms with van der Waals surface area (Å²) in [5, 5.41) is 0.413. The highest BCUT2D eigenvalue weighted by atomic mass is 127. The molecule has 0 saturated carbocycles. The van der Waals surface area contributed by atoms with Crippen molar-refractivity contribution in [2.24, 2.45) is 0 Å². The molecule has 0 saturated heterocycles. The second-order valence-corrected chi connectivity index (χ2v) is 7.92. The first-order valence-electron chi connectivity index (χ1n) is 6.54. The summed E-state index contributed by atoms with van der Waals surface area (Å²) in [5.74, 6) is 0. The molecule has 0 amide bonds. The van der Waals surface area contributed by atoms with E-state index >= 15 is 0 Å². The maximum atomic E-state index is 6.34. The maximum Gasteiger partial charge on any atom is 0.0346 e. The predicted molar refractivity (Wildman–Crippen MR) is 93.6 cm³/mol. The van der Waals surface area contributed by atoms with Gasteiger partial charge < -0.3 is 0 Å². The van der Waals surface area contributed by atoms with Gasteiger partial charge in [-0.3, -0.25) is 0 Å². The number of hydrogen-bond donors (Lipinski definition) is 0. The van der Waals surface area contributed by atoms with Gasteiger partial charge in [0.1, 0.15) is 0 Å². The van der Waals surface area contributed by atoms with E-state index in [0.717, 1.165) is 3.92 Å². The monoisotopic (exact) mass is 470 g/mol. The van der Waals surface area contributed by atoms with E-state index < -0.39 is 0 Å². The Morgan fingerprint density at radius 3 is 2.25 bits per heavy atom. The van der Waals surface area contributed by atoms with E-state index in [2.05, 4.69) is 52.1 Å². The molecule has 0 bridgehead atoms. The van der Waals surface area contributed by atoms with Gasteiger partial charge in [0.25, 0.3) is 0 Å². The van der Waals surface area contributed by atoms with Crippen LogP contribution in [0.15, 0.2) is 0 Å². The van der Waals surface area contributed by atoms with Gasteiger partial charge in [-0.15, -0.1) is 11.6 Å². The Kier molecular flexibility index (Phi) is 14.6. The second kappa shape index (κ2) is 13.2. The van der Waals surface area contributed by atoms with Crippen molar-refractivity contribution in [1.29, 1.82) is 0 Å². The van der Waals surface area contributed by atoms with Gasteiger partial charge >= 0.3 is 0 Å². The van der Waals surface area contributed by atoms with Crippen LogP contribution in [0.5, 0.6) is 0 Å². The van der Waals surface area contributed by atoms with E-state index in [9.17, 15) is 0 Å². The van der Waals surface area contributed by atoms with Crippen molar-refractivity contribution >= 4 is 56.8 Å². The maximum absolute atomic E-state index is 6.34. The molecule has 0 N–H and O–H groups in total. The minimum absolute atomic E-state index is 0.413. The third kappa shape index (κ3) is 12.2. The molecule has 0 heterocycles. The van der Waals surface area contributed by atoms with E-state index in [0.29, 0.717) is 5.38 Å². The summed E-state index contributed by atoms with van der Waals surface area (Å²) in [7, 11) is 0. The van der Waals surface area contributed by atoms with Gasteiger partial charge in [-0.25, -0.2) is 0 Å². The number of rotatable bonds is 11. The second-order valence-electron chi connectivity index (χ2n) is 4.46. The van der Waals surface area contributed by atoms with Crippen molar-refractivity contribution in [2.45, 2.75) is 74.0 Å². The minimum Gasteiger partial charge on any atom is -0.123 e. The molecule has 0 aliphatic rings. The molecule has 98 valence electrons. The number of alkyl halides is 3. The standard InChI is InChI=1S/C13H25ClI2/c1-2-3-4-5-6-7-8-12(14)11-13(16)9-10-15/h12-13H,2-11H2,1H3. The first kappa shape index (κ1) is 17.8. The Morgan fingerprint density at radius 1 is 1.00 bits per heavy atom. The molecule has 0 spiro atoms. The SMILES string of the molecule is CCCCCCCCC(Cl)CC(I)CCI. The molecule has 0 nitrogen and oxygen atoms in total. The lowest BCUT2D eigenvalue weighted by Gasteiger charge is -2.13. The fourth-order valence-electron chi connectivity index (χ4n) is 1.78. The Bertz CT molecular complexity index is 142. The van der Waals surface area contributed by atoms with Gasteiger partial charge in [-0.05, 0) is 19.3 Å². The average molecular weight is 471 g/mol. The molecular weight excluding hydrogens is 445 g/mol. The first-order valence-corrected chi connectivity index (χ1v) is 9.75. The Hall–Kier alpha value is 1.75. The van der Waals surface area contributed by atoms with Gasteiger partial charge in [0.2, 0.25) is 0 Å². The van der Waals surface area contributed by atoms with Crippen LogP contribution in [0.25, 0.3) is 0 Å². The molecule has 0 radical (unpaired) electrons. The van der Waals surface area contributed by atoms with Crippen LogP contribution in [0.4, 0.5) is 0 Å². The molecule has 2 unspecified atom stereocenters. The van der Waals surface area contributed by atoms with Crippen LogP contribution in [0.2, 0.25) is 0 Å². The number of hydrogen-bond acceptors (Lipinski definition) is 0. The minimum atomic E-state index is 0.413. The van der Waals surface area contributed by atoms with E-state index in [-0.39, 0.29) is 0 Å². The fraction of sp³-hybridized carbons (Fsp3) is 1.00. The number of halogens is 3. The van der Waals surface area contributed by atoms with Crippen molar-refractivity contribution in [2.75, 3.05) is 4.43 Å². The van der Waals surface area contributed by atoms with Crippen LogP contribution in [0, 0.1) is 0 Å². The summed E-state index contributed by atoms with van der Waals surface area (Å²) in [6.07, 6.45) is 12.0. The van der Waals surface area contributed by atoms with E-state index in [1.807, 2.05) is 0 Å². The third-order valence-corrected chi connectivity index (χ3v) is 4.96. The van der Waals surface area contributed by atoms with Crippen LogP contribution < -0.4 is 0 Å². The van der Waals surface area contributed by atoms with E-state index in [1.54, 1.807) is 0 Å². The molecule has 0 aromatic heterocycles. The highest BCUT2D eigenvalue weighted by Crippen LogP contribution is 2.21. The zero-order valence-corrected chi connectivity index (χ0v) is 15.4. The summed E-state index contributed by atoms with van der Waals surface area (Å²) in [6.45, 7) is 2.27. The molecule has 0 rings (SSSR count). The zero-order chi connectivity index (χ0) is 12.2. The van der Waals surface area contributed by atoms with Gasteiger partial charge in [-0.1, -0.05) is 90.6 Å². The van der Waals surface area contributed by atoms with Crippen LogP contribution in [0.1, 0.15) is 64.7 Å². The molecule has 0 fully saturated rings. The van der Waals surface area contributed by atoms with Crippen LogP contribution in [-0.2, 0) is 0 Å². The molecule has 0 aromatic carbocycles. The van der Waals surface area contributed by atoms with Crippen molar-refractivity contribution in [3.63, 3.8) is 0 Å². The highest BCUT2D eigenvalue weighted by molar-refractivity contribution is 14.1. The summed E-state index contributed by atoms with van der Waals surface area (Å²) < 4.78 is 2.03. The quantitative estimate of drug-likeness (QED) is 0.187. The van der Waals surface area contributed by atoms with Gasteiger partial charge in [-0.2, -0.15) is 0 Å². The Balaban J connectivity index is 3.26. The lowest BCUT2D eigenvalue weighted by atomic mass is 10.1. The lowest BCUT2D eigenvalue weighted by Crippen LogP contribution is -2.08. The number of unbranched alkanes of at least 4 members (excludes halogenated alkanes) is 5. The smallest absolute Gasteiger partial charge is 0.0346 e. The molecule has 16 heavy (non-hydrogen) atoms. The van der Waals surface area contributed by atoms with Gasteiger partial charge in [0.05, 0.1) is 0 Å². The average Bonchev–Trinajstić information content (AvgIpc) is 2.23. The van der Waals surface area contributed by atoms with Crippen molar-refractivity contribution < 1.29 is 0 Å². The van der Waals surface area contributed by atoms with Gasteiger partial charge in [0, 0.05) is 13.7 Å². The van der Waals surface area contributed by atoms with Crippen molar-refractivity contribution in [3.8, 4) is 0 Å². The van der Waals surface area contributed by atoms with Crippen LogP contribution >= 0.6 is 56.8 Å². The molecule has 2 atom stereocenters. The molecular formula is C13H25ClI2. The summed E-state index contributed by atoms with van der Waals surface area (Å²) in [4.78, 5) is 0. The molecule has 3 heteroatoms.